The quantitative estimate of drug-likeness (QED) is 0.789. The Bertz CT molecular complexity index is 340. The van der Waals surface area contributed by atoms with E-state index in [1.807, 2.05) is 31.4 Å². The molecule has 0 saturated heterocycles. The Labute approximate surface area is 81.2 Å². The van der Waals surface area contributed by atoms with Gasteiger partial charge in [0.1, 0.15) is 5.41 Å². The molecule has 0 aliphatic heterocycles. The fourth-order valence-electron chi connectivity index (χ4n) is 2.03. The lowest BCUT2D eigenvalue weighted by molar-refractivity contribution is -0.140. The highest BCUT2D eigenvalue weighted by atomic mass is 32.1. The first-order valence-corrected chi connectivity index (χ1v) is 5.16. The van der Waals surface area contributed by atoms with Gasteiger partial charge in [0.25, 0.3) is 0 Å². The van der Waals surface area contributed by atoms with E-state index in [1.165, 1.54) is 0 Å². The number of thiophene rings is 1. The van der Waals surface area contributed by atoms with Gasteiger partial charge in [0.15, 0.2) is 0 Å². The maximum absolute atomic E-state index is 11.2. The van der Waals surface area contributed by atoms with Gasteiger partial charge in [-0.05, 0) is 23.3 Å². The van der Waals surface area contributed by atoms with Crippen LogP contribution in [0.4, 0.5) is 0 Å². The van der Waals surface area contributed by atoms with Crippen LogP contribution < -0.4 is 0 Å². The normalized spacial score (nSPS) is 30.0. The summed E-state index contributed by atoms with van der Waals surface area (Å²) in [7, 11) is 0. The third-order valence-electron chi connectivity index (χ3n) is 3.04. The molecular formula is C10H12O2S. The third kappa shape index (κ3) is 0.967. The highest BCUT2D eigenvalue weighted by Gasteiger charge is 2.68. The minimum atomic E-state index is -0.681. The Kier molecular flexibility index (Phi) is 1.58. The van der Waals surface area contributed by atoms with E-state index in [0.717, 1.165) is 11.3 Å². The van der Waals surface area contributed by atoms with Crippen molar-refractivity contribution in [2.45, 2.75) is 25.7 Å². The SMILES string of the molecule is CC1(C)C[C@]1(C(=O)O)c1cccs1. The number of carboxylic acids is 1. The van der Waals surface area contributed by atoms with Crippen LogP contribution in [0, 0.1) is 5.41 Å². The van der Waals surface area contributed by atoms with E-state index in [9.17, 15) is 9.90 Å². The molecule has 1 aromatic rings. The maximum atomic E-state index is 11.2. The lowest BCUT2D eigenvalue weighted by Gasteiger charge is -2.13. The summed E-state index contributed by atoms with van der Waals surface area (Å²) in [4.78, 5) is 12.2. The molecule has 0 bridgehead atoms. The largest absolute Gasteiger partial charge is 0.481 e. The fraction of sp³-hybridized carbons (Fsp3) is 0.500. The van der Waals surface area contributed by atoms with Gasteiger partial charge in [-0.25, -0.2) is 0 Å². The van der Waals surface area contributed by atoms with E-state index in [1.54, 1.807) is 11.3 Å². The van der Waals surface area contributed by atoms with Crippen LogP contribution in [0.2, 0.25) is 0 Å². The molecule has 1 saturated carbocycles. The van der Waals surface area contributed by atoms with Crippen LogP contribution >= 0.6 is 11.3 Å². The van der Waals surface area contributed by atoms with E-state index >= 15 is 0 Å². The van der Waals surface area contributed by atoms with E-state index in [4.69, 9.17) is 0 Å². The minimum Gasteiger partial charge on any atom is -0.481 e. The molecule has 1 N–H and O–H groups in total. The average molecular weight is 196 g/mol. The molecule has 0 spiro atoms. The van der Waals surface area contributed by atoms with Crippen molar-refractivity contribution < 1.29 is 9.90 Å². The van der Waals surface area contributed by atoms with E-state index in [0.29, 0.717) is 0 Å². The monoisotopic (exact) mass is 196 g/mol. The molecule has 3 heteroatoms. The van der Waals surface area contributed by atoms with Crippen LogP contribution in [0.1, 0.15) is 25.1 Å². The summed E-state index contributed by atoms with van der Waals surface area (Å²) in [5.74, 6) is -0.681. The molecule has 2 nitrogen and oxygen atoms in total. The number of rotatable bonds is 2. The summed E-state index contributed by atoms with van der Waals surface area (Å²) in [6.45, 7) is 4.03. The van der Waals surface area contributed by atoms with Crippen molar-refractivity contribution in [2.75, 3.05) is 0 Å². The molecule has 1 atom stereocenters. The van der Waals surface area contributed by atoms with Crippen molar-refractivity contribution in [3.63, 3.8) is 0 Å². The molecule has 70 valence electrons. The summed E-state index contributed by atoms with van der Waals surface area (Å²) in [6.07, 6.45) is 0.760. The molecule has 1 aliphatic carbocycles. The van der Waals surface area contributed by atoms with Gasteiger partial charge in [-0.1, -0.05) is 19.9 Å². The lowest BCUT2D eigenvalue weighted by Crippen LogP contribution is -2.24. The molecule has 1 fully saturated rings. The van der Waals surface area contributed by atoms with E-state index in [-0.39, 0.29) is 5.41 Å². The van der Waals surface area contributed by atoms with Crippen LogP contribution in [0.5, 0.6) is 0 Å². The maximum Gasteiger partial charge on any atom is 0.315 e. The molecule has 1 heterocycles. The van der Waals surface area contributed by atoms with Crippen molar-refractivity contribution in [2.24, 2.45) is 5.41 Å². The lowest BCUT2D eigenvalue weighted by atomic mass is 9.94. The Morgan fingerprint density at radius 3 is 2.54 bits per heavy atom. The molecule has 13 heavy (non-hydrogen) atoms. The zero-order chi connectivity index (χ0) is 9.69. The van der Waals surface area contributed by atoms with Gasteiger partial charge in [0, 0.05) is 4.88 Å². The molecule has 0 radical (unpaired) electrons. The van der Waals surface area contributed by atoms with Crippen molar-refractivity contribution in [1.29, 1.82) is 0 Å². The molecular weight excluding hydrogens is 184 g/mol. The first-order chi connectivity index (χ1) is 6.01. The van der Waals surface area contributed by atoms with Gasteiger partial charge in [-0.2, -0.15) is 0 Å². The van der Waals surface area contributed by atoms with Crippen LogP contribution in [0.25, 0.3) is 0 Å². The standard InChI is InChI=1S/C10H12O2S/c1-9(2)6-10(9,8(11)12)7-4-3-5-13-7/h3-5H,6H2,1-2H3,(H,11,12)/t10-/m1/s1. The van der Waals surface area contributed by atoms with Crippen LogP contribution in [-0.2, 0) is 10.2 Å². The van der Waals surface area contributed by atoms with E-state index < -0.39 is 11.4 Å². The molecule has 0 aromatic carbocycles. The number of aliphatic carboxylic acids is 1. The average Bonchev–Trinajstić information content (AvgIpc) is 2.52. The van der Waals surface area contributed by atoms with Crippen molar-refractivity contribution in [1.82, 2.24) is 0 Å². The summed E-state index contributed by atoms with van der Waals surface area (Å²) >= 11 is 1.54. The summed E-state index contributed by atoms with van der Waals surface area (Å²) < 4.78 is 0. The third-order valence-corrected chi connectivity index (χ3v) is 4.08. The van der Waals surface area contributed by atoms with Crippen molar-refractivity contribution in [3.05, 3.63) is 22.4 Å². The number of carbonyl (C=O) groups is 1. The van der Waals surface area contributed by atoms with Crippen molar-refractivity contribution >= 4 is 17.3 Å². The predicted molar refractivity (Wildman–Crippen MR) is 52.0 cm³/mol. The summed E-state index contributed by atoms with van der Waals surface area (Å²) in [6, 6.07) is 3.84. The first kappa shape index (κ1) is 8.75. The second-order valence-electron chi connectivity index (χ2n) is 4.25. The zero-order valence-corrected chi connectivity index (χ0v) is 8.52. The summed E-state index contributed by atoms with van der Waals surface area (Å²) in [5.41, 5.74) is -0.676. The predicted octanol–water partition coefficient (Wildman–Crippen LogP) is 2.50. The van der Waals surface area contributed by atoms with Gasteiger partial charge < -0.3 is 5.11 Å². The molecule has 1 aliphatic rings. The Balaban J connectivity index is 2.45. The minimum absolute atomic E-state index is 0.0797. The molecule has 2 rings (SSSR count). The molecule has 1 aromatic heterocycles. The van der Waals surface area contributed by atoms with Gasteiger partial charge in [0.05, 0.1) is 0 Å². The fourth-order valence-corrected chi connectivity index (χ4v) is 3.13. The topological polar surface area (TPSA) is 37.3 Å². The number of hydrogen-bond donors (Lipinski definition) is 1. The van der Waals surface area contributed by atoms with Gasteiger partial charge in [-0.15, -0.1) is 11.3 Å². The van der Waals surface area contributed by atoms with Gasteiger partial charge in [-0.3, -0.25) is 4.79 Å². The van der Waals surface area contributed by atoms with E-state index in [2.05, 4.69) is 0 Å². The van der Waals surface area contributed by atoms with Crippen molar-refractivity contribution in [3.8, 4) is 0 Å². The smallest absolute Gasteiger partial charge is 0.315 e. The highest BCUT2D eigenvalue weighted by Crippen LogP contribution is 2.65. The van der Waals surface area contributed by atoms with Gasteiger partial charge >= 0.3 is 5.97 Å². The first-order valence-electron chi connectivity index (χ1n) is 4.28. The number of carboxylic acid groups (broad SMARTS) is 1. The second kappa shape index (κ2) is 2.35. The Morgan fingerprint density at radius 1 is 1.62 bits per heavy atom. The van der Waals surface area contributed by atoms with Crippen LogP contribution in [0.15, 0.2) is 17.5 Å². The Hall–Kier alpha value is -0.830. The molecule has 0 amide bonds. The zero-order valence-electron chi connectivity index (χ0n) is 7.70. The molecule has 0 unspecified atom stereocenters. The highest BCUT2D eigenvalue weighted by molar-refractivity contribution is 7.10. The summed E-state index contributed by atoms with van der Waals surface area (Å²) in [5, 5.41) is 11.2. The van der Waals surface area contributed by atoms with Gasteiger partial charge in [0.2, 0.25) is 0 Å². The second-order valence-corrected chi connectivity index (χ2v) is 5.20. The van der Waals surface area contributed by atoms with Crippen LogP contribution in [-0.4, -0.2) is 11.1 Å². The number of hydrogen-bond acceptors (Lipinski definition) is 2. The van der Waals surface area contributed by atoms with Crippen LogP contribution in [0.3, 0.4) is 0 Å². The Morgan fingerprint density at radius 2 is 2.23 bits per heavy atom.